The Morgan fingerprint density at radius 1 is 1.45 bits per heavy atom. The Hall–Kier alpha value is -0.910. The van der Waals surface area contributed by atoms with Crippen LogP contribution in [0.5, 0.6) is 0 Å². The minimum Gasteiger partial charge on any atom is -0.360 e. The van der Waals surface area contributed by atoms with Gasteiger partial charge in [-0.05, 0) is 26.4 Å². The van der Waals surface area contributed by atoms with Gasteiger partial charge >= 0.3 is 0 Å². The molecule has 0 radical (unpaired) electrons. The summed E-state index contributed by atoms with van der Waals surface area (Å²) in [6, 6.07) is 2.65. The molecule has 1 aliphatic heterocycles. The van der Waals surface area contributed by atoms with Gasteiger partial charge in [-0.3, -0.25) is 4.90 Å². The Labute approximate surface area is 122 Å². The van der Waals surface area contributed by atoms with Crippen LogP contribution >= 0.6 is 0 Å². The highest BCUT2D eigenvalue weighted by Crippen LogP contribution is 2.13. The molecule has 1 atom stereocenters. The first-order chi connectivity index (χ1) is 9.54. The summed E-state index contributed by atoms with van der Waals surface area (Å²) in [5, 5.41) is 7.53. The molecule has 0 aliphatic carbocycles. The van der Waals surface area contributed by atoms with Gasteiger partial charge in [0.2, 0.25) is 0 Å². The summed E-state index contributed by atoms with van der Waals surface area (Å²) in [4.78, 5) is 4.84. The smallest absolute Gasteiger partial charge is 0.151 e. The van der Waals surface area contributed by atoms with E-state index in [2.05, 4.69) is 54.2 Å². The van der Waals surface area contributed by atoms with Crippen molar-refractivity contribution in [2.75, 3.05) is 33.2 Å². The van der Waals surface area contributed by atoms with E-state index in [9.17, 15) is 0 Å². The van der Waals surface area contributed by atoms with Crippen molar-refractivity contribution in [1.29, 1.82) is 0 Å². The van der Waals surface area contributed by atoms with Gasteiger partial charge in [0.15, 0.2) is 5.76 Å². The molecule has 2 heterocycles. The lowest BCUT2D eigenvalue weighted by Crippen LogP contribution is -2.49. The second-order valence-corrected chi connectivity index (χ2v) is 6.39. The number of hydrogen-bond acceptors (Lipinski definition) is 5. The van der Waals surface area contributed by atoms with Crippen LogP contribution in [-0.4, -0.2) is 54.2 Å². The lowest BCUT2D eigenvalue weighted by atomic mass is 10.2. The molecule has 0 amide bonds. The van der Waals surface area contributed by atoms with E-state index in [1.807, 2.05) is 0 Å². The van der Waals surface area contributed by atoms with Crippen molar-refractivity contribution in [3.8, 4) is 0 Å². The minimum absolute atomic E-state index is 0.571. The zero-order valence-corrected chi connectivity index (χ0v) is 13.2. The van der Waals surface area contributed by atoms with Gasteiger partial charge in [0.25, 0.3) is 0 Å². The summed E-state index contributed by atoms with van der Waals surface area (Å²) in [5.41, 5.74) is 1.00. The molecule has 5 heteroatoms. The number of likely N-dealkylation sites (N-methyl/N-ethyl adjacent to an activating group) is 1. The van der Waals surface area contributed by atoms with E-state index in [1.54, 1.807) is 0 Å². The van der Waals surface area contributed by atoms with Crippen LogP contribution < -0.4 is 5.32 Å². The Morgan fingerprint density at radius 2 is 2.25 bits per heavy atom. The SMILES string of the molecule is CC(C)CNCc1cc(CN2CCN(C)CC2C)on1. The molecule has 1 N–H and O–H groups in total. The predicted octanol–water partition coefficient (Wildman–Crippen LogP) is 1.56. The molecule has 0 saturated carbocycles. The van der Waals surface area contributed by atoms with Gasteiger partial charge in [-0.2, -0.15) is 0 Å². The third-order valence-electron chi connectivity index (χ3n) is 3.79. The van der Waals surface area contributed by atoms with Crippen molar-refractivity contribution >= 4 is 0 Å². The van der Waals surface area contributed by atoms with Crippen molar-refractivity contribution in [2.24, 2.45) is 5.92 Å². The number of aromatic nitrogens is 1. The molecule has 0 aromatic carbocycles. The summed E-state index contributed by atoms with van der Waals surface area (Å²) < 4.78 is 5.45. The number of nitrogens with one attached hydrogen (secondary N) is 1. The molecule has 114 valence electrons. The molecule has 5 nitrogen and oxygen atoms in total. The van der Waals surface area contributed by atoms with Gasteiger partial charge < -0.3 is 14.7 Å². The van der Waals surface area contributed by atoms with E-state index < -0.39 is 0 Å². The Morgan fingerprint density at radius 3 is 2.95 bits per heavy atom. The molecule has 1 aromatic heterocycles. The fourth-order valence-corrected chi connectivity index (χ4v) is 2.61. The second-order valence-electron chi connectivity index (χ2n) is 6.39. The minimum atomic E-state index is 0.571. The van der Waals surface area contributed by atoms with Crippen molar-refractivity contribution in [1.82, 2.24) is 20.3 Å². The molecule has 0 spiro atoms. The molecule has 20 heavy (non-hydrogen) atoms. The van der Waals surface area contributed by atoms with Crippen LogP contribution in [0.25, 0.3) is 0 Å². The van der Waals surface area contributed by atoms with E-state index in [1.165, 1.54) is 0 Å². The fraction of sp³-hybridized carbons (Fsp3) is 0.800. The van der Waals surface area contributed by atoms with Crippen LogP contribution in [0.4, 0.5) is 0 Å². The van der Waals surface area contributed by atoms with E-state index in [4.69, 9.17) is 4.52 Å². The van der Waals surface area contributed by atoms with Gasteiger partial charge in [0, 0.05) is 38.3 Å². The van der Waals surface area contributed by atoms with E-state index >= 15 is 0 Å². The monoisotopic (exact) mass is 280 g/mol. The molecule has 1 unspecified atom stereocenters. The van der Waals surface area contributed by atoms with E-state index in [0.29, 0.717) is 12.0 Å². The van der Waals surface area contributed by atoms with Crippen LogP contribution in [0.2, 0.25) is 0 Å². The standard InChI is InChI=1S/C15H28N4O/c1-12(2)8-16-9-14-7-15(20-17-14)11-19-6-5-18(4)10-13(19)3/h7,12-13,16H,5-6,8-11H2,1-4H3. The summed E-state index contributed by atoms with van der Waals surface area (Å²) in [7, 11) is 2.18. The zero-order valence-electron chi connectivity index (χ0n) is 13.2. The maximum atomic E-state index is 5.45. The number of rotatable bonds is 6. The van der Waals surface area contributed by atoms with Gasteiger partial charge in [0.1, 0.15) is 0 Å². The highest BCUT2D eigenvalue weighted by molar-refractivity contribution is 5.05. The third kappa shape index (κ3) is 4.58. The van der Waals surface area contributed by atoms with Crippen LogP contribution in [-0.2, 0) is 13.1 Å². The normalized spacial score (nSPS) is 21.8. The first kappa shape index (κ1) is 15.5. The fourth-order valence-electron chi connectivity index (χ4n) is 2.61. The Kier molecular flexibility index (Phi) is 5.57. The van der Waals surface area contributed by atoms with Crippen molar-refractivity contribution in [2.45, 2.75) is 39.9 Å². The summed E-state index contributed by atoms with van der Waals surface area (Å²) in [6.07, 6.45) is 0. The molecule has 0 bridgehead atoms. The second kappa shape index (κ2) is 7.20. The maximum absolute atomic E-state index is 5.45. The average molecular weight is 280 g/mol. The number of nitrogens with zero attached hydrogens (tertiary/aromatic N) is 3. The lowest BCUT2D eigenvalue weighted by molar-refractivity contribution is 0.0853. The first-order valence-corrected chi connectivity index (χ1v) is 7.62. The zero-order chi connectivity index (χ0) is 14.5. The van der Waals surface area contributed by atoms with Gasteiger partial charge in [-0.25, -0.2) is 0 Å². The van der Waals surface area contributed by atoms with Crippen LogP contribution in [0, 0.1) is 5.92 Å². The summed E-state index contributed by atoms with van der Waals surface area (Å²) in [6.45, 7) is 12.7. The highest BCUT2D eigenvalue weighted by atomic mass is 16.5. The van der Waals surface area contributed by atoms with Crippen molar-refractivity contribution in [3.05, 3.63) is 17.5 Å². The van der Waals surface area contributed by atoms with Crippen molar-refractivity contribution in [3.63, 3.8) is 0 Å². The molecule has 1 fully saturated rings. The van der Waals surface area contributed by atoms with E-state index in [-0.39, 0.29) is 0 Å². The van der Waals surface area contributed by atoms with Gasteiger partial charge in [-0.1, -0.05) is 19.0 Å². The molecular formula is C15H28N4O. The van der Waals surface area contributed by atoms with Crippen LogP contribution in [0.15, 0.2) is 10.6 Å². The highest BCUT2D eigenvalue weighted by Gasteiger charge is 2.22. The quantitative estimate of drug-likeness (QED) is 0.856. The molecular weight excluding hydrogens is 252 g/mol. The molecule has 1 aromatic rings. The van der Waals surface area contributed by atoms with E-state index in [0.717, 1.165) is 50.7 Å². The Bertz CT molecular complexity index is 404. The van der Waals surface area contributed by atoms with Crippen LogP contribution in [0.1, 0.15) is 32.2 Å². The number of hydrogen-bond donors (Lipinski definition) is 1. The average Bonchev–Trinajstić information content (AvgIpc) is 2.80. The lowest BCUT2D eigenvalue weighted by Gasteiger charge is -2.37. The Balaban J connectivity index is 1.80. The summed E-state index contributed by atoms with van der Waals surface area (Å²) >= 11 is 0. The first-order valence-electron chi connectivity index (χ1n) is 7.62. The van der Waals surface area contributed by atoms with Crippen LogP contribution in [0.3, 0.4) is 0 Å². The third-order valence-corrected chi connectivity index (χ3v) is 3.79. The summed E-state index contributed by atoms with van der Waals surface area (Å²) in [5.74, 6) is 1.63. The molecule has 1 aliphatic rings. The topological polar surface area (TPSA) is 44.5 Å². The molecule has 1 saturated heterocycles. The van der Waals surface area contributed by atoms with Gasteiger partial charge in [-0.15, -0.1) is 0 Å². The van der Waals surface area contributed by atoms with Crippen molar-refractivity contribution < 1.29 is 4.52 Å². The largest absolute Gasteiger partial charge is 0.360 e. The van der Waals surface area contributed by atoms with Gasteiger partial charge in [0.05, 0.1) is 12.2 Å². The number of piperazine rings is 1. The predicted molar refractivity (Wildman–Crippen MR) is 80.4 cm³/mol. The molecule has 2 rings (SSSR count). The maximum Gasteiger partial charge on any atom is 0.151 e.